The van der Waals surface area contributed by atoms with Crippen LogP contribution >= 0.6 is 0 Å². The Kier molecular flexibility index (Phi) is 6.28. The number of benzene rings is 2. The van der Waals surface area contributed by atoms with Crippen LogP contribution in [0.3, 0.4) is 0 Å². The number of amides is 2. The number of nitrogens with zero attached hydrogens (tertiary/aromatic N) is 8. The van der Waals surface area contributed by atoms with E-state index in [0.717, 1.165) is 23.4 Å². The van der Waals surface area contributed by atoms with Gasteiger partial charge in [-0.2, -0.15) is 9.78 Å². The van der Waals surface area contributed by atoms with Gasteiger partial charge in [0.15, 0.2) is 0 Å². The first-order chi connectivity index (χ1) is 16.7. The Balaban J connectivity index is 1.12. The number of piperazine rings is 1. The molecular weight excluding hydrogens is 432 g/mol. The fourth-order valence-corrected chi connectivity index (χ4v) is 4.24. The van der Waals surface area contributed by atoms with E-state index in [0.29, 0.717) is 38.7 Å². The number of aromatic nitrogens is 4. The summed E-state index contributed by atoms with van der Waals surface area (Å²) in [5.74, 6) is 0.539. The van der Waals surface area contributed by atoms with E-state index >= 15 is 0 Å². The van der Waals surface area contributed by atoms with Gasteiger partial charge in [-0.3, -0.25) is 9.59 Å². The van der Waals surface area contributed by atoms with Crippen LogP contribution in [0.2, 0.25) is 0 Å². The van der Waals surface area contributed by atoms with Gasteiger partial charge in [-0.05, 0) is 28.1 Å². The van der Waals surface area contributed by atoms with Crippen LogP contribution in [0.25, 0.3) is 5.69 Å². The fourth-order valence-electron chi connectivity index (χ4n) is 4.24. The largest absolute Gasteiger partial charge is 0.339 e. The number of tetrazole rings is 1. The third kappa shape index (κ3) is 4.66. The van der Waals surface area contributed by atoms with E-state index in [9.17, 15) is 9.59 Å². The van der Waals surface area contributed by atoms with Crippen LogP contribution in [-0.4, -0.2) is 80.4 Å². The Hall–Kier alpha value is -4.08. The molecular formula is C24H26N8O2. The topological polar surface area (TPSA) is 99.8 Å². The van der Waals surface area contributed by atoms with Crippen LogP contribution in [0.4, 0.5) is 5.95 Å². The molecule has 1 aromatic heterocycles. The summed E-state index contributed by atoms with van der Waals surface area (Å²) >= 11 is 0. The molecule has 10 heteroatoms. The number of anilines is 1. The van der Waals surface area contributed by atoms with Crippen LogP contribution in [0.5, 0.6) is 0 Å². The van der Waals surface area contributed by atoms with E-state index in [4.69, 9.17) is 0 Å². The maximum Gasteiger partial charge on any atom is 0.250 e. The van der Waals surface area contributed by atoms with Crippen LogP contribution in [0.1, 0.15) is 24.8 Å². The lowest BCUT2D eigenvalue weighted by molar-refractivity contribution is -0.137. The molecule has 5 rings (SSSR count). The summed E-state index contributed by atoms with van der Waals surface area (Å²) in [7, 11) is 0. The van der Waals surface area contributed by atoms with E-state index in [1.54, 1.807) is 4.68 Å². The van der Waals surface area contributed by atoms with Gasteiger partial charge >= 0.3 is 0 Å². The summed E-state index contributed by atoms with van der Waals surface area (Å²) in [6, 6.07) is 19.6. The lowest BCUT2D eigenvalue weighted by Crippen LogP contribution is -2.49. The van der Waals surface area contributed by atoms with Crippen LogP contribution in [0.15, 0.2) is 65.8 Å². The molecule has 0 aliphatic carbocycles. The van der Waals surface area contributed by atoms with Crippen molar-refractivity contribution in [1.82, 2.24) is 30.1 Å². The summed E-state index contributed by atoms with van der Waals surface area (Å²) in [6.45, 7) is 2.95. The zero-order chi connectivity index (χ0) is 23.3. The Morgan fingerprint density at radius 3 is 2.21 bits per heavy atom. The van der Waals surface area contributed by atoms with E-state index in [2.05, 4.69) is 25.5 Å². The van der Waals surface area contributed by atoms with E-state index in [-0.39, 0.29) is 24.7 Å². The first-order valence-electron chi connectivity index (χ1n) is 11.5. The average molecular weight is 459 g/mol. The molecule has 0 saturated carbocycles. The van der Waals surface area contributed by atoms with Crippen molar-refractivity contribution in [3.8, 4) is 5.69 Å². The monoisotopic (exact) mass is 458 g/mol. The van der Waals surface area contributed by atoms with Gasteiger partial charge in [0, 0.05) is 45.4 Å². The highest BCUT2D eigenvalue weighted by atomic mass is 16.2. The van der Waals surface area contributed by atoms with Gasteiger partial charge in [0.25, 0.3) is 0 Å². The van der Waals surface area contributed by atoms with E-state index in [1.165, 1.54) is 5.01 Å². The van der Waals surface area contributed by atoms with E-state index < -0.39 is 0 Å². The highest BCUT2D eigenvalue weighted by Crippen LogP contribution is 2.18. The second-order valence-corrected chi connectivity index (χ2v) is 8.27. The second kappa shape index (κ2) is 9.82. The Labute approximate surface area is 197 Å². The first-order valence-corrected chi connectivity index (χ1v) is 11.5. The fraction of sp³-hybridized carbons (Fsp3) is 0.333. The van der Waals surface area contributed by atoms with Crippen LogP contribution in [0, 0.1) is 0 Å². The molecule has 0 bridgehead atoms. The maximum absolute atomic E-state index is 12.7. The molecule has 34 heavy (non-hydrogen) atoms. The van der Waals surface area contributed by atoms with Crippen molar-refractivity contribution in [3.63, 3.8) is 0 Å². The van der Waals surface area contributed by atoms with Gasteiger partial charge in [0.05, 0.1) is 17.9 Å². The third-order valence-corrected chi connectivity index (χ3v) is 6.12. The molecule has 1 fully saturated rings. The van der Waals surface area contributed by atoms with Gasteiger partial charge in [-0.15, -0.1) is 0 Å². The summed E-state index contributed by atoms with van der Waals surface area (Å²) in [5.41, 5.74) is 2.83. The summed E-state index contributed by atoms with van der Waals surface area (Å²) in [5, 5.41) is 18.1. The number of rotatable bonds is 6. The molecule has 0 spiro atoms. The summed E-state index contributed by atoms with van der Waals surface area (Å²) < 4.78 is 1.70. The molecule has 3 heterocycles. The van der Waals surface area contributed by atoms with Gasteiger partial charge in [-0.1, -0.05) is 53.6 Å². The minimum absolute atomic E-state index is 0.0119. The van der Waals surface area contributed by atoms with Crippen molar-refractivity contribution in [2.45, 2.75) is 19.3 Å². The maximum atomic E-state index is 12.7. The summed E-state index contributed by atoms with van der Waals surface area (Å²) in [4.78, 5) is 29.2. The Morgan fingerprint density at radius 1 is 0.794 bits per heavy atom. The second-order valence-electron chi connectivity index (χ2n) is 8.27. The molecule has 0 atom stereocenters. The van der Waals surface area contributed by atoms with Gasteiger partial charge in [0.1, 0.15) is 0 Å². The predicted octanol–water partition coefficient (Wildman–Crippen LogP) is 1.73. The van der Waals surface area contributed by atoms with Crippen molar-refractivity contribution in [2.75, 3.05) is 37.6 Å². The third-order valence-electron chi connectivity index (χ3n) is 6.12. The summed E-state index contributed by atoms with van der Waals surface area (Å²) in [6.07, 6.45) is 1.08. The predicted molar refractivity (Wildman–Crippen MR) is 126 cm³/mol. The number of para-hydroxylation sites is 1. The quantitative estimate of drug-likeness (QED) is 0.558. The molecule has 10 nitrogen and oxygen atoms in total. The Morgan fingerprint density at radius 2 is 1.47 bits per heavy atom. The van der Waals surface area contributed by atoms with Crippen molar-refractivity contribution in [2.24, 2.45) is 5.10 Å². The number of carbonyl (C=O) groups is 2. The molecule has 0 unspecified atom stereocenters. The standard InChI is InChI=1S/C24H26N8O2/c33-22(11-12-23(34)31-14-13-21(26-31)19-7-3-1-4-8-19)29-15-17-30(18-16-29)24-25-27-28-32(24)20-9-5-2-6-10-20/h1-10H,11-18H2. The molecule has 2 amide bonds. The van der Waals surface area contributed by atoms with Crippen molar-refractivity contribution in [3.05, 3.63) is 66.2 Å². The Bertz CT molecular complexity index is 1170. The van der Waals surface area contributed by atoms with Gasteiger partial charge < -0.3 is 9.80 Å². The van der Waals surface area contributed by atoms with Gasteiger partial charge in [0.2, 0.25) is 17.8 Å². The number of hydrogen-bond donors (Lipinski definition) is 0. The van der Waals surface area contributed by atoms with Crippen molar-refractivity contribution in [1.29, 1.82) is 0 Å². The molecule has 0 N–H and O–H groups in total. The molecule has 0 radical (unpaired) electrons. The zero-order valence-electron chi connectivity index (χ0n) is 18.8. The minimum Gasteiger partial charge on any atom is -0.339 e. The molecule has 174 valence electrons. The highest BCUT2D eigenvalue weighted by molar-refractivity contribution is 6.02. The lowest BCUT2D eigenvalue weighted by Gasteiger charge is -2.34. The van der Waals surface area contributed by atoms with E-state index in [1.807, 2.05) is 65.6 Å². The molecule has 2 aromatic carbocycles. The zero-order valence-corrected chi connectivity index (χ0v) is 18.8. The van der Waals surface area contributed by atoms with Crippen molar-refractivity contribution < 1.29 is 9.59 Å². The average Bonchev–Trinajstić information content (AvgIpc) is 3.59. The smallest absolute Gasteiger partial charge is 0.250 e. The molecule has 3 aromatic rings. The SMILES string of the molecule is O=C(CCC(=O)N1CCC(c2ccccc2)=N1)N1CCN(c2nnnn2-c2ccccc2)CC1. The number of carbonyl (C=O) groups excluding carboxylic acids is 2. The first kappa shape index (κ1) is 21.7. The van der Waals surface area contributed by atoms with Gasteiger partial charge in [-0.25, -0.2) is 5.01 Å². The van der Waals surface area contributed by atoms with Crippen molar-refractivity contribution >= 4 is 23.5 Å². The number of hydrazone groups is 1. The van der Waals surface area contributed by atoms with Crippen LogP contribution < -0.4 is 4.90 Å². The molecule has 2 aliphatic heterocycles. The minimum atomic E-state index is -0.111. The molecule has 1 saturated heterocycles. The molecule has 2 aliphatic rings. The lowest BCUT2D eigenvalue weighted by atomic mass is 10.1. The van der Waals surface area contributed by atoms with Crippen LogP contribution in [-0.2, 0) is 9.59 Å². The highest BCUT2D eigenvalue weighted by Gasteiger charge is 2.26. The number of hydrogen-bond acceptors (Lipinski definition) is 7. The normalized spacial score (nSPS) is 16.0.